The van der Waals surface area contributed by atoms with Crippen LogP contribution in [0.4, 0.5) is 5.69 Å². The Morgan fingerprint density at radius 3 is 2.70 bits per heavy atom. The Kier molecular flexibility index (Phi) is 5.16. The zero-order valence-electron chi connectivity index (χ0n) is 13.8. The average molecular weight is 341 g/mol. The van der Waals surface area contributed by atoms with Crippen molar-refractivity contribution in [2.45, 2.75) is 13.0 Å². The van der Waals surface area contributed by atoms with Crippen LogP contribution in [0.25, 0.3) is 0 Å². The molecule has 1 aromatic rings. The summed E-state index contributed by atoms with van der Waals surface area (Å²) in [5.41, 5.74) is 0.635. The summed E-state index contributed by atoms with van der Waals surface area (Å²) in [7, 11) is 0.0853. The normalized spacial score (nSPS) is 21.9. The molecule has 1 amide bonds. The van der Waals surface area contributed by atoms with E-state index in [-0.39, 0.29) is 29.4 Å². The Morgan fingerprint density at radius 2 is 2.09 bits per heavy atom. The number of nitrogens with zero attached hydrogens (tertiary/aromatic N) is 1. The van der Waals surface area contributed by atoms with Gasteiger partial charge in [-0.3, -0.25) is 9.52 Å². The van der Waals surface area contributed by atoms with Crippen LogP contribution in [0.2, 0.25) is 0 Å². The largest absolute Gasteiger partial charge is 0.486 e. The van der Waals surface area contributed by atoms with Crippen LogP contribution in [0, 0.1) is 5.92 Å². The molecular weight excluding hydrogens is 318 g/mol. The molecule has 0 bridgehead atoms. The van der Waals surface area contributed by atoms with E-state index in [0.717, 1.165) is 6.26 Å². The molecule has 0 unspecified atom stereocenters. The zero-order chi connectivity index (χ0) is 17.2. The second-order valence-corrected chi connectivity index (χ2v) is 7.68. The number of para-hydroxylation sites is 1. The van der Waals surface area contributed by atoms with Crippen molar-refractivity contribution in [1.29, 1.82) is 0 Å². The summed E-state index contributed by atoms with van der Waals surface area (Å²) in [5.74, 6) is 0.185. The Balaban J connectivity index is 2.54. The van der Waals surface area contributed by atoms with Gasteiger partial charge in [0.1, 0.15) is 6.10 Å². The van der Waals surface area contributed by atoms with Gasteiger partial charge in [0, 0.05) is 26.1 Å². The van der Waals surface area contributed by atoms with Crippen LogP contribution >= 0.6 is 0 Å². The summed E-state index contributed by atoms with van der Waals surface area (Å²) >= 11 is 0. The molecule has 0 spiro atoms. The maximum Gasteiger partial charge on any atom is 0.257 e. The highest BCUT2D eigenvalue weighted by Gasteiger charge is 2.30. The number of likely N-dealkylation sites (N-methyl/N-ethyl adjacent to an activating group) is 1. The molecule has 0 radical (unpaired) electrons. The number of carbonyl (C=O) groups is 1. The van der Waals surface area contributed by atoms with E-state index in [1.54, 1.807) is 30.1 Å². The van der Waals surface area contributed by atoms with Crippen LogP contribution in [-0.2, 0) is 10.0 Å². The number of anilines is 1. The lowest BCUT2D eigenvalue weighted by atomic mass is 10.0. The topological polar surface area (TPSA) is 87.7 Å². The third-order valence-electron chi connectivity index (χ3n) is 3.76. The monoisotopic (exact) mass is 341 g/mol. The number of fused-ring (bicyclic) bond motifs is 1. The van der Waals surface area contributed by atoms with E-state index in [1.807, 2.05) is 14.0 Å². The predicted molar refractivity (Wildman–Crippen MR) is 89.4 cm³/mol. The molecular formula is C15H23N3O4S. The first-order valence-corrected chi connectivity index (χ1v) is 9.29. The standard InChI is InChI=1S/C15H23N3O4S/c1-10-9-18(3)15(19)11-6-5-7-12(17-23(4,20)21)14(11)22-13(10)8-16-2/h5-7,10,13,16-17H,8-9H2,1-4H3/t10-,13-/m0/s1. The maximum absolute atomic E-state index is 12.6. The van der Waals surface area contributed by atoms with E-state index in [1.165, 1.54) is 0 Å². The SMILES string of the molecule is CNC[C@@H]1Oc2c(NS(C)(=O)=O)cccc2C(=O)N(C)C[C@@H]1C. The van der Waals surface area contributed by atoms with Crippen molar-refractivity contribution < 1.29 is 17.9 Å². The smallest absolute Gasteiger partial charge is 0.257 e. The molecule has 1 heterocycles. The van der Waals surface area contributed by atoms with Crippen LogP contribution in [-0.4, -0.2) is 58.8 Å². The minimum absolute atomic E-state index is 0.0934. The maximum atomic E-state index is 12.6. The number of rotatable bonds is 4. The van der Waals surface area contributed by atoms with Crippen molar-refractivity contribution >= 4 is 21.6 Å². The van der Waals surface area contributed by atoms with E-state index >= 15 is 0 Å². The lowest BCUT2D eigenvalue weighted by Gasteiger charge is -2.33. The number of hydrogen-bond acceptors (Lipinski definition) is 5. The number of sulfonamides is 1. The summed E-state index contributed by atoms with van der Waals surface area (Å²) < 4.78 is 31.6. The fourth-order valence-electron chi connectivity index (χ4n) is 2.66. The van der Waals surface area contributed by atoms with Gasteiger partial charge in [-0.25, -0.2) is 8.42 Å². The van der Waals surface area contributed by atoms with Crippen molar-refractivity contribution in [3.8, 4) is 5.75 Å². The molecule has 23 heavy (non-hydrogen) atoms. The van der Waals surface area contributed by atoms with Gasteiger partial charge >= 0.3 is 0 Å². The number of ether oxygens (including phenoxy) is 1. The molecule has 128 valence electrons. The summed E-state index contributed by atoms with van der Waals surface area (Å²) in [4.78, 5) is 14.2. The summed E-state index contributed by atoms with van der Waals surface area (Å²) in [6.45, 7) is 3.16. The first kappa shape index (κ1) is 17.6. The molecule has 1 aliphatic heterocycles. The molecule has 8 heteroatoms. The van der Waals surface area contributed by atoms with Gasteiger partial charge < -0.3 is 15.0 Å². The number of amides is 1. The van der Waals surface area contributed by atoms with Crippen LogP contribution in [0.5, 0.6) is 5.75 Å². The molecule has 0 saturated carbocycles. The van der Waals surface area contributed by atoms with Crippen molar-refractivity contribution in [1.82, 2.24) is 10.2 Å². The van der Waals surface area contributed by atoms with Gasteiger partial charge in [0.15, 0.2) is 5.75 Å². The third-order valence-corrected chi connectivity index (χ3v) is 4.35. The van der Waals surface area contributed by atoms with Gasteiger partial charge in [-0.05, 0) is 19.2 Å². The highest BCUT2D eigenvalue weighted by molar-refractivity contribution is 7.92. The van der Waals surface area contributed by atoms with E-state index < -0.39 is 10.0 Å². The Labute approximate surface area is 137 Å². The van der Waals surface area contributed by atoms with Crippen molar-refractivity contribution in [3.05, 3.63) is 23.8 Å². The van der Waals surface area contributed by atoms with E-state index in [4.69, 9.17) is 4.74 Å². The van der Waals surface area contributed by atoms with Gasteiger partial charge in [0.05, 0.1) is 17.5 Å². The molecule has 1 aromatic carbocycles. The van der Waals surface area contributed by atoms with Crippen LogP contribution in [0.15, 0.2) is 18.2 Å². The molecule has 2 N–H and O–H groups in total. The minimum atomic E-state index is -3.48. The number of benzene rings is 1. The number of carbonyl (C=O) groups excluding carboxylic acids is 1. The highest BCUT2D eigenvalue weighted by Crippen LogP contribution is 2.34. The summed E-state index contributed by atoms with van der Waals surface area (Å²) in [5, 5.41) is 3.07. The van der Waals surface area contributed by atoms with Gasteiger partial charge in [-0.15, -0.1) is 0 Å². The second kappa shape index (κ2) is 6.76. The molecule has 2 rings (SSSR count). The lowest BCUT2D eigenvalue weighted by Crippen LogP contribution is -2.44. The number of hydrogen-bond donors (Lipinski definition) is 2. The zero-order valence-corrected chi connectivity index (χ0v) is 14.6. The average Bonchev–Trinajstić information content (AvgIpc) is 2.44. The molecule has 0 fully saturated rings. The first-order valence-electron chi connectivity index (χ1n) is 7.40. The van der Waals surface area contributed by atoms with E-state index in [0.29, 0.717) is 18.7 Å². The molecule has 2 atom stereocenters. The second-order valence-electron chi connectivity index (χ2n) is 5.93. The van der Waals surface area contributed by atoms with Crippen molar-refractivity contribution in [2.24, 2.45) is 5.92 Å². The van der Waals surface area contributed by atoms with Crippen LogP contribution in [0.1, 0.15) is 17.3 Å². The van der Waals surface area contributed by atoms with E-state index in [2.05, 4.69) is 10.0 Å². The Hall–Kier alpha value is -1.80. The van der Waals surface area contributed by atoms with Gasteiger partial charge in [-0.2, -0.15) is 0 Å². The van der Waals surface area contributed by atoms with Gasteiger partial charge in [0.2, 0.25) is 10.0 Å². The molecule has 0 aromatic heterocycles. The highest BCUT2D eigenvalue weighted by atomic mass is 32.2. The quantitative estimate of drug-likeness (QED) is 0.844. The fraction of sp³-hybridized carbons (Fsp3) is 0.533. The van der Waals surface area contributed by atoms with E-state index in [9.17, 15) is 13.2 Å². The molecule has 0 saturated heterocycles. The lowest BCUT2D eigenvalue weighted by molar-refractivity contribution is 0.0639. The Morgan fingerprint density at radius 1 is 1.39 bits per heavy atom. The van der Waals surface area contributed by atoms with Crippen molar-refractivity contribution in [2.75, 3.05) is 38.2 Å². The predicted octanol–water partition coefficient (Wildman–Crippen LogP) is 0.747. The van der Waals surface area contributed by atoms with Gasteiger partial charge in [-0.1, -0.05) is 13.0 Å². The summed E-state index contributed by atoms with van der Waals surface area (Å²) in [6, 6.07) is 4.88. The Bertz CT molecular complexity index is 690. The van der Waals surface area contributed by atoms with Crippen molar-refractivity contribution in [3.63, 3.8) is 0 Å². The van der Waals surface area contributed by atoms with Gasteiger partial charge in [0.25, 0.3) is 5.91 Å². The fourth-order valence-corrected chi connectivity index (χ4v) is 3.22. The van der Waals surface area contributed by atoms with Crippen LogP contribution in [0.3, 0.4) is 0 Å². The molecule has 0 aliphatic carbocycles. The molecule has 7 nitrogen and oxygen atoms in total. The minimum Gasteiger partial charge on any atom is -0.486 e. The summed E-state index contributed by atoms with van der Waals surface area (Å²) in [6.07, 6.45) is 0.883. The van der Waals surface area contributed by atoms with Crippen LogP contribution < -0.4 is 14.8 Å². The molecule has 1 aliphatic rings. The number of nitrogens with one attached hydrogen (secondary N) is 2. The third kappa shape index (κ3) is 4.14. The first-order chi connectivity index (χ1) is 10.7.